The summed E-state index contributed by atoms with van der Waals surface area (Å²) in [5, 5.41) is 14.3. The number of carbonyl (C=O) groups excluding carboxylic acids is 2. The lowest BCUT2D eigenvalue weighted by atomic mass is 9.75. The number of rotatable bonds is 9. The number of anilines is 2. The molecule has 5 rings (SSSR count). The molecule has 1 aliphatic rings. The van der Waals surface area contributed by atoms with Crippen molar-refractivity contribution in [2.24, 2.45) is 5.92 Å². The van der Waals surface area contributed by atoms with Gasteiger partial charge in [-0.1, -0.05) is 87.0 Å². The third kappa shape index (κ3) is 7.09. The summed E-state index contributed by atoms with van der Waals surface area (Å²) in [7, 11) is 1.58. The van der Waals surface area contributed by atoms with Gasteiger partial charge in [-0.05, 0) is 68.1 Å². The Labute approximate surface area is 260 Å². The van der Waals surface area contributed by atoms with E-state index >= 15 is 0 Å². The monoisotopic (exact) mass is 593 g/mol. The van der Waals surface area contributed by atoms with Gasteiger partial charge < -0.3 is 15.4 Å². The van der Waals surface area contributed by atoms with Crippen LogP contribution in [-0.4, -0.2) is 41.8 Å². The minimum absolute atomic E-state index is 0.00692. The Morgan fingerprint density at radius 2 is 1.59 bits per heavy atom. The molecule has 0 aliphatic carbocycles. The van der Waals surface area contributed by atoms with Crippen molar-refractivity contribution in [1.29, 1.82) is 0 Å². The molecular weight excluding hydrogens is 550 g/mol. The fourth-order valence-corrected chi connectivity index (χ4v) is 5.90. The third-order valence-electron chi connectivity index (χ3n) is 8.30. The molecule has 3 N–H and O–H groups in total. The maximum absolute atomic E-state index is 14.3. The van der Waals surface area contributed by atoms with Gasteiger partial charge in [-0.3, -0.25) is 10.1 Å². The van der Waals surface area contributed by atoms with E-state index in [1.165, 1.54) is 0 Å². The zero-order valence-corrected chi connectivity index (χ0v) is 26.3. The molecule has 8 heteroatoms. The quantitative estimate of drug-likeness (QED) is 0.191. The summed E-state index contributed by atoms with van der Waals surface area (Å²) in [6.45, 7) is 9.99. The van der Waals surface area contributed by atoms with Gasteiger partial charge in [-0.15, -0.1) is 0 Å². The van der Waals surface area contributed by atoms with Gasteiger partial charge in [0.2, 0.25) is 0 Å². The van der Waals surface area contributed by atoms with Crippen molar-refractivity contribution in [3.05, 3.63) is 107 Å². The van der Waals surface area contributed by atoms with Crippen LogP contribution in [0.4, 0.5) is 16.3 Å². The summed E-state index contributed by atoms with van der Waals surface area (Å²) < 4.78 is 7.57. The van der Waals surface area contributed by atoms with E-state index in [2.05, 4.69) is 36.7 Å². The first kappa shape index (κ1) is 31.2. The molecule has 4 aromatic rings. The molecule has 2 unspecified atom stereocenters. The van der Waals surface area contributed by atoms with E-state index < -0.39 is 18.1 Å². The Kier molecular flexibility index (Phi) is 9.61. The normalized spacial score (nSPS) is 15.4. The SMILES string of the molecule is COC(C(=O)C(c1ccccc1NC(=O)Nc1cc(C(C)(C)C)nn1-c1ccc(C)cc1)C1CCNCC1)c1ccccc1. The van der Waals surface area contributed by atoms with Crippen LogP contribution in [0.3, 0.4) is 0 Å². The van der Waals surface area contributed by atoms with E-state index in [1.807, 2.05) is 91.9 Å². The number of aryl methyl sites for hydroxylation is 1. The Morgan fingerprint density at radius 1 is 0.932 bits per heavy atom. The number of hydrogen-bond acceptors (Lipinski definition) is 5. The van der Waals surface area contributed by atoms with E-state index in [-0.39, 0.29) is 17.1 Å². The predicted octanol–water partition coefficient (Wildman–Crippen LogP) is 7.16. The summed E-state index contributed by atoms with van der Waals surface area (Å²) in [5.41, 5.74) is 4.85. The summed E-state index contributed by atoms with van der Waals surface area (Å²) in [5.74, 6) is 0.202. The molecule has 3 aromatic carbocycles. The van der Waals surface area contributed by atoms with Crippen LogP contribution in [0, 0.1) is 12.8 Å². The number of ketones is 1. The minimum Gasteiger partial charge on any atom is -0.369 e. The summed E-state index contributed by atoms with van der Waals surface area (Å²) in [6.07, 6.45) is 0.999. The van der Waals surface area contributed by atoms with E-state index in [9.17, 15) is 9.59 Å². The summed E-state index contributed by atoms with van der Waals surface area (Å²) in [6, 6.07) is 26.7. The topological polar surface area (TPSA) is 97.3 Å². The van der Waals surface area contributed by atoms with Gasteiger partial charge in [0.15, 0.2) is 5.78 Å². The molecule has 0 spiro atoms. The van der Waals surface area contributed by atoms with Crippen molar-refractivity contribution in [2.75, 3.05) is 30.8 Å². The Morgan fingerprint density at radius 3 is 2.25 bits per heavy atom. The maximum Gasteiger partial charge on any atom is 0.324 e. The standard InChI is InChI=1S/C36H43N5O3/c1-24-15-17-27(18-16-24)41-31(23-30(40-41)36(2,3)4)39-35(43)38-29-14-10-9-13-28(29)32(25-19-21-37-22-20-25)33(42)34(44-5)26-11-7-6-8-12-26/h6-18,23,25,32,34,37H,19-22H2,1-5H3,(H2,38,39,43). The number of nitrogens with one attached hydrogen (secondary N) is 3. The first-order valence-corrected chi connectivity index (χ1v) is 15.3. The molecule has 1 aliphatic heterocycles. The fourth-order valence-electron chi connectivity index (χ4n) is 5.90. The number of benzene rings is 3. The highest BCUT2D eigenvalue weighted by Gasteiger charge is 2.37. The molecular formula is C36H43N5O3. The molecule has 1 aromatic heterocycles. The van der Waals surface area contributed by atoms with Gasteiger partial charge in [0.05, 0.1) is 17.3 Å². The average molecular weight is 594 g/mol. The molecule has 230 valence electrons. The van der Waals surface area contributed by atoms with Gasteiger partial charge in [0.25, 0.3) is 0 Å². The summed E-state index contributed by atoms with van der Waals surface area (Å²) in [4.78, 5) is 28.0. The van der Waals surface area contributed by atoms with E-state index in [0.717, 1.165) is 54.0 Å². The highest BCUT2D eigenvalue weighted by atomic mass is 16.5. The number of para-hydroxylation sites is 1. The van der Waals surface area contributed by atoms with Crippen LogP contribution in [0.15, 0.2) is 84.9 Å². The van der Waals surface area contributed by atoms with Gasteiger partial charge in [0.1, 0.15) is 11.9 Å². The van der Waals surface area contributed by atoms with Gasteiger partial charge >= 0.3 is 6.03 Å². The van der Waals surface area contributed by atoms with Crippen LogP contribution in [0.2, 0.25) is 0 Å². The number of methoxy groups -OCH3 is 1. The molecule has 1 fully saturated rings. The maximum atomic E-state index is 14.3. The number of amides is 2. The van der Waals surface area contributed by atoms with E-state index in [1.54, 1.807) is 11.8 Å². The number of nitrogens with zero attached hydrogens (tertiary/aromatic N) is 2. The van der Waals surface area contributed by atoms with Crippen molar-refractivity contribution in [1.82, 2.24) is 15.1 Å². The molecule has 2 amide bonds. The molecule has 8 nitrogen and oxygen atoms in total. The molecule has 1 saturated heterocycles. The summed E-state index contributed by atoms with van der Waals surface area (Å²) >= 11 is 0. The van der Waals surface area contributed by atoms with Crippen molar-refractivity contribution >= 4 is 23.3 Å². The number of aromatic nitrogens is 2. The number of ether oxygens (including phenoxy) is 1. The lowest BCUT2D eigenvalue weighted by Crippen LogP contribution is -2.36. The number of Topliss-reactive ketones (excluding diaryl/α,β-unsaturated/α-hetero) is 1. The lowest BCUT2D eigenvalue weighted by molar-refractivity contribution is -0.132. The number of piperidine rings is 1. The minimum atomic E-state index is -0.711. The van der Waals surface area contributed by atoms with Gasteiger partial charge in [-0.25, -0.2) is 9.48 Å². The van der Waals surface area contributed by atoms with Crippen LogP contribution in [-0.2, 0) is 14.9 Å². The Balaban J connectivity index is 1.46. The zero-order chi connectivity index (χ0) is 31.3. The van der Waals surface area contributed by atoms with Gasteiger partial charge in [0, 0.05) is 24.3 Å². The van der Waals surface area contributed by atoms with Crippen molar-refractivity contribution < 1.29 is 14.3 Å². The highest BCUT2D eigenvalue weighted by Crippen LogP contribution is 2.40. The highest BCUT2D eigenvalue weighted by molar-refractivity contribution is 6.01. The molecule has 0 radical (unpaired) electrons. The molecule has 2 heterocycles. The number of hydrogen-bond donors (Lipinski definition) is 3. The van der Waals surface area contributed by atoms with Crippen LogP contribution < -0.4 is 16.0 Å². The number of carbonyl (C=O) groups is 2. The smallest absolute Gasteiger partial charge is 0.324 e. The second kappa shape index (κ2) is 13.6. The van der Waals surface area contributed by atoms with Crippen LogP contribution >= 0.6 is 0 Å². The Hall–Kier alpha value is -4.27. The van der Waals surface area contributed by atoms with Crippen molar-refractivity contribution in [3.63, 3.8) is 0 Å². The van der Waals surface area contributed by atoms with E-state index in [4.69, 9.17) is 9.84 Å². The zero-order valence-electron chi connectivity index (χ0n) is 26.3. The third-order valence-corrected chi connectivity index (χ3v) is 8.30. The van der Waals surface area contributed by atoms with Gasteiger partial charge in [-0.2, -0.15) is 5.10 Å². The van der Waals surface area contributed by atoms with Crippen LogP contribution in [0.5, 0.6) is 0 Å². The first-order chi connectivity index (χ1) is 21.2. The molecule has 44 heavy (non-hydrogen) atoms. The number of urea groups is 1. The lowest BCUT2D eigenvalue weighted by Gasteiger charge is -2.33. The van der Waals surface area contributed by atoms with E-state index in [0.29, 0.717) is 11.5 Å². The fraction of sp³-hybridized carbons (Fsp3) is 0.361. The second-order valence-electron chi connectivity index (χ2n) is 12.6. The van der Waals surface area contributed by atoms with Crippen LogP contribution in [0.1, 0.15) is 68.0 Å². The average Bonchev–Trinajstić information content (AvgIpc) is 3.44. The van der Waals surface area contributed by atoms with Crippen LogP contribution in [0.25, 0.3) is 5.69 Å². The Bertz CT molecular complexity index is 1570. The largest absolute Gasteiger partial charge is 0.369 e. The first-order valence-electron chi connectivity index (χ1n) is 15.3. The second-order valence-corrected chi connectivity index (χ2v) is 12.6. The van der Waals surface area contributed by atoms with Crippen molar-refractivity contribution in [2.45, 2.75) is 58.0 Å². The van der Waals surface area contributed by atoms with Crippen molar-refractivity contribution in [3.8, 4) is 5.69 Å². The predicted molar refractivity (Wildman–Crippen MR) is 176 cm³/mol. The molecule has 0 saturated carbocycles. The molecule has 2 atom stereocenters. The molecule has 0 bridgehead atoms.